The first-order chi connectivity index (χ1) is 15.7. The fraction of sp³-hybridized carbons (Fsp3) is 0.591. The van der Waals surface area contributed by atoms with Gasteiger partial charge in [-0.15, -0.1) is 0 Å². The quantitative estimate of drug-likeness (QED) is 0.457. The van der Waals surface area contributed by atoms with Gasteiger partial charge >= 0.3 is 5.97 Å². The molecule has 33 heavy (non-hydrogen) atoms. The Morgan fingerprint density at radius 3 is 2.42 bits per heavy atom. The molecule has 1 saturated heterocycles. The molecular weight excluding hydrogens is 466 g/mol. The third kappa shape index (κ3) is 8.01. The summed E-state index contributed by atoms with van der Waals surface area (Å²) in [6.07, 6.45) is 3.22. The number of benzene rings is 1. The number of amides is 2. The molecule has 11 heteroatoms. The minimum Gasteiger partial charge on any atom is -0.466 e. The van der Waals surface area contributed by atoms with Crippen LogP contribution in [0.1, 0.15) is 26.2 Å². The molecule has 1 unspecified atom stereocenters. The van der Waals surface area contributed by atoms with E-state index in [0.29, 0.717) is 44.7 Å². The minimum absolute atomic E-state index is 0.0788. The van der Waals surface area contributed by atoms with E-state index in [4.69, 9.17) is 4.74 Å². The van der Waals surface area contributed by atoms with Crippen molar-refractivity contribution in [3.05, 3.63) is 30.3 Å². The van der Waals surface area contributed by atoms with Gasteiger partial charge in [0.25, 0.3) is 0 Å². The average Bonchev–Trinajstić information content (AvgIpc) is 2.82. The van der Waals surface area contributed by atoms with Gasteiger partial charge in [-0.2, -0.15) is 16.5 Å². The second kappa shape index (κ2) is 13.0. The third-order valence-electron chi connectivity index (χ3n) is 5.48. The van der Waals surface area contributed by atoms with Gasteiger partial charge in [0.1, 0.15) is 6.04 Å². The number of likely N-dealkylation sites (tertiary alicyclic amines) is 1. The van der Waals surface area contributed by atoms with E-state index >= 15 is 0 Å². The molecule has 0 spiro atoms. The van der Waals surface area contributed by atoms with Crippen LogP contribution in [0.3, 0.4) is 0 Å². The van der Waals surface area contributed by atoms with Gasteiger partial charge in [0, 0.05) is 20.1 Å². The summed E-state index contributed by atoms with van der Waals surface area (Å²) in [5.74, 6) is -0.562. The number of rotatable bonds is 11. The number of carbonyl (C=O) groups excluding carboxylic acids is 3. The lowest BCUT2D eigenvalue weighted by Gasteiger charge is -2.32. The van der Waals surface area contributed by atoms with E-state index in [1.165, 1.54) is 35.8 Å². The maximum atomic E-state index is 13.0. The number of carbonyl (C=O) groups is 3. The van der Waals surface area contributed by atoms with Crippen LogP contribution in [0, 0.1) is 5.92 Å². The molecule has 1 aromatic carbocycles. The first-order valence-electron chi connectivity index (χ1n) is 10.9. The van der Waals surface area contributed by atoms with E-state index < -0.39 is 22.0 Å². The highest BCUT2D eigenvalue weighted by Crippen LogP contribution is 2.19. The Bertz CT molecular complexity index is 902. The number of thioether (sulfide) groups is 1. The van der Waals surface area contributed by atoms with Crippen molar-refractivity contribution in [1.82, 2.24) is 14.5 Å². The van der Waals surface area contributed by atoms with Crippen molar-refractivity contribution >= 4 is 39.6 Å². The molecule has 2 amide bonds. The Hall–Kier alpha value is -2.11. The monoisotopic (exact) mass is 499 g/mol. The zero-order chi connectivity index (χ0) is 24.4. The SMILES string of the molecule is CCOC(=O)C1CCN(C(=O)CN(C)C(=O)C(CCSC)NS(=O)(=O)c2ccccc2)CC1. The lowest BCUT2D eigenvalue weighted by atomic mass is 9.97. The van der Waals surface area contributed by atoms with Crippen molar-refractivity contribution in [2.24, 2.45) is 5.92 Å². The molecule has 2 rings (SSSR count). The van der Waals surface area contributed by atoms with Crippen LogP contribution >= 0.6 is 11.8 Å². The van der Waals surface area contributed by atoms with Crippen molar-refractivity contribution in [1.29, 1.82) is 0 Å². The standard InChI is InChI=1S/C22H33N3O6S2/c1-4-31-22(28)17-10-13-25(14-11-17)20(26)16-24(2)21(27)19(12-15-32-3)23-33(29,30)18-8-6-5-7-9-18/h5-9,17,19,23H,4,10-16H2,1-3H3. The van der Waals surface area contributed by atoms with E-state index in [9.17, 15) is 22.8 Å². The molecular formula is C22H33N3O6S2. The van der Waals surface area contributed by atoms with Gasteiger partial charge in [-0.3, -0.25) is 14.4 Å². The first-order valence-corrected chi connectivity index (χ1v) is 13.8. The van der Waals surface area contributed by atoms with Crippen LogP contribution in [-0.2, 0) is 29.1 Å². The summed E-state index contributed by atoms with van der Waals surface area (Å²) in [4.78, 5) is 40.6. The lowest BCUT2D eigenvalue weighted by Crippen LogP contribution is -2.51. The van der Waals surface area contributed by atoms with Crippen LogP contribution in [-0.4, -0.2) is 87.3 Å². The van der Waals surface area contributed by atoms with Crippen LogP contribution in [0.15, 0.2) is 35.2 Å². The van der Waals surface area contributed by atoms with Gasteiger partial charge in [0.05, 0.1) is 24.0 Å². The Morgan fingerprint density at radius 1 is 1.21 bits per heavy atom. The van der Waals surface area contributed by atoms with E-state index in [0.717, 1.165) is 0 Å². The fourth-order valence-corrected chi connectivity index (χ4v) is 5.31. The average molecular weight is 500 g/mol. The van der Waals surface area contributed by atoms with Gasteiger partial charge in [-0.1, -0.05) is 18.2 Å². The van der Waals surface area contributed by atoms with Crippen molar-refractivity contribution in [3.8, 4) is 0 Å². The summed E-state index contributed by atoms with van der Waals surface area (Å²) >= 11 is 1.50. The third-order valence-corrected chi connectivity index (χ3v) is 7.61. The number of nitrogens with one attached hydrogen (secondary N) is 1. The van der Waals surface area contributed by atoms with Crippen LogP contribution in [0.5, 0.6) is 0 Å². The molecule has 1 aliphatic rings. The summed E-state index contributed by atoms with van der Waals surface area (Å²) in [5.41, 5.74) is 0. The molecule has 0 aliphatic carbocycles. The molecule has 0 bridgehead atoms. The maximum absolute atomic E-state index is 13.0. The highest BCUT2D eigenvalue weighted by molar-refractivity contribution is 7.98. The Balaban J connectivity index is 1.98. The van der Waals surface area contributed by atoms with Crippen LogP contribution < -0.4 is 4.72 Å². The molecule has 0 radical (unpaired) electrons. The van der Waals surface area contributed by atoms with Gasteiger partial charge in [0.15, 0.2) is 0 Å². The number of likely N-dealkylation sites (N-methyl/N-ethyl adjacent to an activating group) is 1. The molecule has 9 nitrogen and oxygen atoms in total. The molecule has 1 fully saturated rings. The van der Waals surface area contributed by atoms with Crippen molar-refractivity contribution in [3.63, 3.8) is 0 Å². The van der Waals surface area contributed by atoms with Crippen LogP contribution in [0.25, 0.3) is 0 Å². The van der Waals surface area contributed by atoms with E-state index in [1.54, 1.807) is 30.0 Å². The molecule has 184 valence electrons. The fourth-order valence-electron chi connectivity index (χ4n) is 3.60. The molecule has 1 aliphatic heterocycles. The predicted octanol–water partition coefficient (Wildman–Crippen LogP) is 1.35. The largest absolute Gasteiger partial charge is 0.466 e. The normalized spacial score (nSPS) is 15.7. The minimum atomic E-state index is -3.88. The molecule has 1 N–H and O–H groups in total. The Labute approximate surface area is 200 Å². The Morgan fingerprint density at radius 2 is 1.85 bits per heavy atom. The van der Waals surface area contributed by atoms with Crippen molar-refractivity contribution < 1.29 is 27.5 Å². The summed E-state index contributed by atoms with van der Waals surface area (Å²) < 4.78 is 33.0. The van der Waals surface area contributed by atoms with Gasteiger partial charge < -0.3 is 14.5 Å². The zero-order valence-electron chi connectivity index (χ0n) is 19.4. The van der Waals surface area contributed by atoms with Crippen molar-refractivity contribution in [2.75, 3.05) is 45.3 Å². The number of piperidine rings is 1. The Kier molecular flexibility index (Phi) is 10.6. The van der Waals surface area contributed by atoms with Crippen molar-refractivity contribution in [2.45, 2.75) is 37.1 Å². The molecule has 1 heterocycles. The topological polar surface area (TPSA) is 113 Å². The number of hydrogen-bond donors (Lipinski definition) is 1. The highest BCUT2D eigenvalue weighted by atomic mass is 32.2. The second-order valence-electron chi connectivity index (χ2n) is 7.87. The maximum Gasteiger partial charge on any atom is 0.309 e. The molecule has 0 aromatic heterocycles. The predicted molar refractivity (Wildman–Crippen MR) is 127 cm³/mol. The first kappa shape index (κ1) is 27.1. The molecule has 0 saturated carbocycles. The van der Waals surface area contributed by atoms with E-state index in [1.807, 2.05) is 6.26 Å². The lowest BCUT2D eigenvalue weighted by molar-refractivity contribution is -0.151. The molecule has 1 aromatic rings. The van der Waals surface area contributed by atoms with Gasteiger partial charge in [0.2, 0.25) is 21.8 Å². The van der Waals surface area contributed by atoms with Gasteiger partial charge in [-0.25, -0.2) is 8.42 Å². The van der Waals surface area contributed by atoms with Gasteiger partial charge in [-0.05, 0) is 50.3 Å². The highest BCUT2D eigenvalue weighted by Gasteiger charge is 2.31. The van der Waals surface area contributed by atoms with E-state index in [-0.39, 0.29) is 29.2 Å². The van der Waals surface area contributed by atoms with Crippen LogP contribution in [0.4, 0.5) is 0 Å². The smallest absolute Gasteiger partial charge is 0.309 e. The summed E-state index contributed by atoms with van der Waals surface area (Å²) in [5, 5.41) is 0. The number of sulfonamides is 1. The number of ether oxygens (including phenoxy) is 1. The van der Waals surface area contributed by atoms with Crippen LogP contribution in [0.2, 0.25) is 0 Å². The number of nitrogens with zero attached hydrogens (tertiary/aromatic N) is 2. The summed E-state index contributed by atoms with van der Waals surface area (Å²) in [6, 6.07) is 6.89. The van der Waals surface area contributed by atoms with E-state index in [2.05, 4.69) is 4.72 Å². The summed E-state index contributed by atoms with van der Waals surface area (Å²) in [7, 11) is -2.39. The summed E-state index contributed by atoms with van der Waals surface area (Å²) in [6.45, 7) is 2.76. The second-order valence-corrected chi connectivity index (χ2v) is 10.6. The number of hydrogen-bond acceptors (Lipinski definition) is 7. The molecule has 1 atom stereocenters. The number of esters is 1. The zero-order valence-corrected chi connectivity index (χ0v) is 21.0.